The highest BCUT2D eigenvalue weighted by Crippen LogP contribution is 2.30. The van der Waals surface area contributed by atoms with Crippen LogP contribution in [0.3, 0.4) is 0 Å². The minimum atomic E-state index is -5.07. The van der Waals surface area contributed by atoms with Crippen molar-refractivity contribution in [1.82, 2.24) is 0 Å². The molecule has 1 saturated heterocycles. The SMILES string of the molecule is CS(=O)CCCCCCCCC/C(=N\OS(=O)(=O)[O-])S[C@@H]1O[C@H](CO)[C@@H](O)[C@H](O)[C@H]1O. The molecule has 0 aromatic rings. The first kappa shape index (κ1) is 28.7. The molecular weight excluding hydrogens is 474 g/mol. The van der Waals surface area contributed by atoms with E-state index in [-0.39, 0.29) is 11.5 Å². The Hall–Kier alpha value is -0.320. The third-order valence-electron chi connectivity index (χ3n) is 4.65. The van der Waals surface area contributed by atoms with E-state index < -0.39 is 57.7 Å². The average Bonchev–Trinajstić information content (AvgIpc) is 2.69. The van der Waals surface area contributed by atoms with Gasteiger partial charge in [-0.3, -0.25) is 8.49 Å². The lowest BCUT2D eigenvalue weighted by Gasteiger charge is -2.39. The minimum absolute atomic E-state index is 0.0641. The van der Waals surface area contributed by atoms with Gasteiger partial charge in [-0.15, -0.1) is 0 Å². The number of rotatable bonds is 14. The number of ether oxygens (including phenoxy) is 1. The fourth-order valence-corrected chi connectivity index (χ4v) is 4.93. The minimum Gasteiger partial charge on any atom is -0.714 e. The second-order valence-electron chi connectivity index (χ2n) is 7.29. The molecule has 0 aromatic heterocycles. The fourth-order valence-electron chi connectivity index (χ4n) is 2.98. The number of unbranched alkanes of at least 4 members (excludes halogenated alkanes) is 6. The normalized spacial score (nSPS) is 28.5. The molecule has 184 valence electrons. The van der Waals surface area contributed by atoms with Gasteiger partial charge in [0.2, 0.25) is 0 Å². The van der Waals surface area contributed by atoms with E-state index in [0.29, 0.717) is 12.2 Å². The Morgan fingerprint density at radius 2 is 1.65 bits per heavy atom. The first-order valence-electron chi connectivity index (χ1n) is 10.0. The van der Waals surface area contributed by atoms with Crippen LogP contribution in [0.15, 0.2) is 5.16 Å². The Morgan fingerprint density at radius 3 is 2.19 bits per heavy atom. The summed E-state index contributed by atoms with van der Waals surface area (Å²) in [6.07, 6.45) is 2.45. The van der Waals surface area contributed by atoms with E-state index in [1.54, 1.807) is 6.26 Å². The van der Waals surface area contributed by atoms with Crippen LogP contribution in [0.25, 0.3) is 0 Å². The summed E-state index contributed by atoms with van der Waals surface area (Å²) in [5.74, 6) is 0.706. The zero-order valence-electron chi connectivity index (χ0n) is 17.4. The molecule has 0 aromatic carbocycles. The number of hydrogen-bond acceptors (Lipinski definition) is 12. The van der Waals surface area contributed by atoms with Crippen molar-refractivity contribution in [2.75, 3.05) is 18.6 Å². The summed E-state index contributed by atoms with van der Waals surface area (Å²) in [5, 5.41) is 42.5. The van der Waals surface area contributed by atoms with E-state index in [9.17, 15) is 37.6 Å². The van der Waals surface area contributed by atoms with Crippen molar-refractivity contribution in [3.05, 3.63) is 0 Å². The number of oxime groups is 1. The van der Waals surface area contributed by atoms with Crippen molar-refractivity contribution in [2.24, 2.45) is 5.16 Å². The van der Waals surface area contributed by atoms with Gasteiger partial charge in [-0.1, -0.05) is 49.0 Å². The van der Waals surface area contributed by atoms with Crippen molar-refractivity contribution in [2.45, 2.75) is 81.2 Å². The van der Waals surface area contributed by atoms with E-state index in [4.69, 9.17) is 4.74 Å². The third kappa shape index (κ3) is 11.9. The van der Waals surface area contributed by atoms with E-state index >= 15 is 0 Å². The Morgan fingerprint density at radius 1 is 1.06 bits per heavy atom. The van der Waals surface area contributed by atoms with E-state index in [0.717, 1.165) is 50.3 Å². The molecule has 0 radical (unpaired) electrons. The van der Waals surface area contributed by atoms with Crippen molar-refractivity contribution in [3.63, 3.8) is 0 Å². The molecule has 1 fully saturated rings. The predicted molar refractivity (Wildman–Crippen MR) is 115 cm³/mol. The molecule has 0 saturated carbocycles. The standard InChI is InChI=1S/C17H33NO10S3/c1-30(23)10-8-6-4-2-3-5-7-9-13(18-28-31(24,25)26)29-17-16(22)15(21)14(20)12(11-19)27-17/h12,14-17,19-22H,2-11H2,1H3,(H,24,25,26)/p-1/b18-13+/t12-,14-,15+,16-,17+,30?/m1/s1. The maximum absolute atomic E-state index is 11.0. The molecule has 4 N–H and O–H groups in total. The zero-order valence-corrected chi connectivity index (χ0v) is 19.8. The van der Waals surface area contributed by atoms with Gasteiger partial charge >= 0.3 is 0 Å². The second-order valence-corrected chi connectivity index (χ2v) is 11.0. The molecule has 0 amide bonds. The Bertz CT molecular complexity index is 673. The highest BCUT2D eigenvalue weighted by molar-refractivity contribution is 8.14. The van der Waals surface area contributed by atoms with Crippen LogP contribution in [0.5, 0.6) is 0 Å². The zero-order chi connectivity index (χ0) is 23.4. The average molecular weight is 507 g/mol. The molecule has 1 heterocycles. The van der Waals surface area contributed by atoms with Gasteiger partial charge in [0.1, 0.15) is 34.9 Å². The third-order valence-corrected chi connectivity index (χ3v) is 6.95. The quantitative estimate of drug-likeness (QED) is 0.0611. The van der Waals surface area contributed by atoms with Crippen LogP contribution >= 0.6 is 11.8 Å². The van der Waals surface area contributed by atoms with Crippen LogP contribution in [-0.2, 0) is 30.2 Å². The fraction of sp³-hybridized carbons (Fsp3) is 0.941. The van der Waals surface area contributed by atoms with Gasteiger partial charge < -0.3 is 29.7 Å². The highest BCUT2D eigenvalue weighted by atomic mass is 32.3. The summed E-state index contributed by atoms with van der Waals surface area (Å²) in [6, 6.07) is 0. The van der Waals surface area contributed by atoms with Gasteiger partial charge in [-0.2, -0.15) is 8.42 Å². The molecule has 0 aliphatic carbocycles. The van der Waals surface area contributed by atoms with Crippen LogP contribution in [-0.4, -0.2) is 91.1 Å². The molecule has 0 spiro atoms. The number of thioether (sulfide) groups is 1. The lowest BCUT2D eigenvalue weighted by Crippen LogP contribution is -2.57. The Balaban J connectivity index is 2.53. The number of aliphatic hydroxyl groups excluding tert-OH is 4. The number of hydrogen-bond donors (Lipinski definition) is 4. The summed E-state index contributed by atoms with van der Waals surface area (Å²) >= 11 is 0.755. The van der Waals surface area contributed by atoms with Crippen molar-refractivity contribution < 1.29 is 46.6 Å². The maximum Gasteiger partial charge on any atom is 0.284 e. The molecule has 1 unspecified atom stereocenters. The highest BCUT2D eigenvalue weighted by Gasteiger charge is 2.44. The summed E-state index contributed by atoms with van der Waals surface area (Å²) < 4.78 is 52.5. The molecule has 6 atom stereocenters. The van der Waals surface area contributed by atoms with Gasteiger partial charge in [0, 0.05) is 22.8 Å². The lowest BCUT2D eigenvalue weighted by molar-refractivity contribution is -0.205. The smallest absolute Gasteiger partial charge is 0.284 e. The number of aliphatic hydroxyl groups is 4. The van der Waals surface area contributed by atoms with Gasteiger partial charge in [-0.05, 0) is 19.3 Å². The first-order chi connectivity index (χ1) is 14.5. The first-order valence-corrected chi connectivity index (χ1v) is 14.0. The van der Waals surface area contributed by atoms with Crippen LogP contribution in [0.4, 0.5) is 0 Å². The van der Waals surface area contributed by atoms with Gasteiger partial charge in [0.05, 0.1) is 6.61 Å². The Labute approximate surface area is 189 Å². The molecule has 0 bridgehead atoms. The lowest BCUT2D eigenvalue weighted by atomic mass is 10.0. The van der Waals surface area contributed by atoms with Gasteiger partial charge in [-0.25, -0.2) is 0 Å². The number of nitrogens with zero attached hydrogens (tertiary/aromatic N) is 1. The molecule has 11 nitrogen and oxygen atoms in total. The van der Waals surface area contributed by atoms with Crippen molar-refractivity contribution in [1.29, 1.82) is 0 Å². The van der Waals surface area contributed by atoms with Crippen molar-refractivity contribution in [3.8, 4) is 0 Å². The summed E-state index contributed by atoms with van der Waals surface area (Å²) in [4.78, 5) is 0. The predicted octanol–water partition coefficient (Wildman–Crippen LogP) is -0.191. The van der Waals surface area contributed by atoms with Gasteiger partial charge in [0.15, 0.2) is 0 Å². The van der Waals surface area contributed by atoms with Gasteiger partial charge in [0.25, 0.3) is 10.4 Å². The van der Waals surface area contributed by atoms with E-state index in [1.807, 2.05) is 0 Å². The van der Waals surface area contributed by atoms with E-state index in [1.165, 1.54) is 0 Å². The Kier molecular flexibility index (Phi) is 13.7. The largest absolute Gasteiger partial charge is 0.714 e. The summed E-state index contributed by atoms with van der Waals surface area (Å²) in [6.45, 7) is -0.603. The molecule has 1 aliphatic rings. The molecule has 1 aliphatic heterocycles. The molecule has 14 heteroatoms. The summed E-state index contributed by atoms with van der Waals surface area (Å²) in [7, 11) is -5.83. The van der Waals surface area contributed by atoms with Crippen molar-refractivity contribution >= 4 is 38.0 Å². The molecule has 31 heavy (non-hydrogen) atoms. The van der Waals surface area contributed by atoms with E-state index in [2.05, 4.69) is 9.44 Å². The summed E-state index contributed by atoms with van der Waals surface area (Å²) in [5.41, 5.74) is -1.16. The van der Waals surface area contributed by atoms with Crippen LogP contribution < -0.4 is 0 Å². The topological polar surface area (TPSA) is 186 Å². The molecule has 1 rings (SSSR count). The second kappa shape index (κ2) is 14.8. The van der Waals surface area contributed by atoms with Crippen LogP contribution in [0.1, 0.15) is 51.4 Å². The monoisotopic (exact) mass is 506 g/mol. The van der Waals surface area contributed by atoms with Crippen LogP contribution in [0.2, 0.25) is 0 Å². The van der Waals surface area contributed by atoms with Crippen LogP contribution in [0, 0.1) is 0 Å². The molecular formula is C17H32NO10S3-. The maximum atomic E-state index is 11.0.